The van der Waals surface area contributed by atoms with Gasteiger partial charge in [0.2, 0.25) is 5.75 Å². The van der Waals surface area contributed by atoms with Crippen LogP contribution in [0.1, 0.15) is 24.1 Å². The van der Waals surface area contributed by atoms with E-state index in [-0.39, 0.29) is 18.6 Å². The maximum Gasteiger partial charge on any atom is 0.331 e. The Labute approximate surface area is 169 Å². The Kier molecular flexibility index (Phi) is 6.73. The molecule has 0 bridgehead atoms. The number of hydrogen-bond acceptors (Lipinski definition) is 6. The van der Waals surface area contributed by atoms with Crippen molar-refractivity contribution in [2.45, 2.75) is 13.0 Å². The number of carbonyl (C=O) groups excluding carboxylic acids is 2. The maximum absolute atomic E-state index is 12.0. The highest BCUT2D eigenvalue weighted by Crippen LogP contribution is 2.40. The Hall–Kier alpha value is -3.48. The highest BCUT2D eigenvalue weighted by atomic mass is 16.6. The van der Waals surface area contributed by atoms with Crippen LogP contribution in [-0.4, -0.2) is 38.8 Å². The number of nitrogens with one attached hydrogen (secondary N) is 1. The molecule has 1 heterocycles. The molecule has 1 aliphatic rings. The average molecular weight is 397 g/mol. The smallest absolute Gasteiger partial charge is 0.331 e. The number of esters is 1. The summed E-state index contributed by atoms with van der Waals surface area (Å²) in [6, 6.07) is 12.8. The Morgan fingerprint density at radius 1 is 1.17 bits per heavy atom. The van der Waals surface area contributed by atoms with E-state index in [1.54, 1.807) is 18.2 Å². The minimum Gasteiger partial charge on any atom is -0.493 e. The van der Waals surface area contributed by atoms with Crippen molar-refractivity contribution in [2.75, 3.05) is 26.9 Å². The van der Waals surface area contributed by atoms with E-state index in [9.17, 15) is 9.59 Å². The first-order chi connectivity index (χ1) is 14.1. The van der Waals surface area contributed by atoms with Crippen molar-refractivity contribution in [3.63, 3.8) is 0 Å². The topological polar surface area (TPSA) is 83.1 Å². The Morgan fingerprint density at radius 3 is 2.69 bits per heavy atom. The first-order valence-corrected chi connectivity index (χ1v) is 9.23. The number of amides is 1. The van der Waals surface area contributed by atoms with Crippen molar-refractivity contribution in [3.05, 3.63) is 59.7 Å². The second-order valence-electron chi connectivity index (χ2n) is 6.39. The van der Waals surface area contributed by atoms with E-state index in [4.69, 9.17) is 18.9 Å². The van der Waals surface area contributed by atoms with Gasteiger partial charge < -0.3 is 24.3 Å². The first kappa shape index (κ1) is 20.3. The summed E-state index contributed by atoms with van der Waals surface area (Å²) in [5.41, 5.74) is 1.66. The molecule has 1 amide bonds. The molecular weight excluding hydrogens is 374 g/mol. The molecule has 0 spiro atoms. The highest BCUT2D eigenvalue weighted by molar-refractivity contribution is 5.89. The summed E-state index contributed by atoms with van der Waals surface area (Å²) in [4.78, 5) is 23.9. The summed E-state index contributed by atoms with van der Waals surface area (Å²) >= 11 is 0. The lowest BCUT2D eigenvalue weighted by molar-refractivity contribution is -0.144. The lowest BCUT2D eigenvalue weighted by Gasteiger charge is -2.20. The van der Waals surface area contributed by atoms with Gasteiger partial charge in [0, 0.05) is 6.08 Å². The van der Waals surface area contributed by atoms with Crippen LogP contribution in [0.25, 0.3) is 6.08 Å². The lowest BCUT2D eigenvalue weighted by atomic mass is 10.1. The Balaban J connectivity index is 1.53. The molecule has 29 heavy (non-hydrogen) atoms. The van der Waals surface area contributed by atoms with Crippen LogP contribution in [0, 0.1) is 0 Å². The van der Waals surface area contributed by atoms with E-state index in [1.807, 2.05) is 37.3 Å². The molecule has 1 atom stereocenters. The minimum absolute atomic E-state index is 0.178. The van der Waals surface area contributed by atoms with Gasteiger partial charge in [-0.3, -0.25) is 4.79 Å². The summed E-state index contributed by atoms with van der Waals surface area (Å²) in [5.74, 6) is 0.621. The van der Waals surface area contributed by atoms with Crippen molar-refractivity contribution in [3.8, 4) is 17.2 Å². The molecule has 152 valence electrons. The normalized spacial score (nSPS) is 13.6. The van der Waals surface area contributed by atoms with E-state index in [0.29, 0.717) is 36.0 Å². The van der Waals surface area contributed by atoms with Gasteiger partial charge in [0.25, 0.3) is 5.91 Å². The lowest BCUT2D eigenvalue weighted by Crippen LogP contribution is -2.30. The van der Waals surface area contributed by atoms with E-state index in [0.717, 1.165) is 5.56 Å². The predicted molar refractivity (Wildman–Crippen MR) is 107 cm³/mol. The van der Waals surface area contributed by atoms with E-state index in [2.05, 4.69) is 5.32 Å². The van der Waals surface area contributed by atoms with Crippen molar-refractivity contribution in [2.24, 2.45) is 0 Å². The van der Waals surface area contributed by atoms with E-state index >= 15 is 0 Å². The van der Waals surface area contributed by atoms with Crippen LogP contribution >= 0.6 is 0 Å². The summed E-state index contributed by atoms with van der Waals surface area (Å²) in [6.45, 7) is 2.41. The summed E-state index contributed by atoms with van der Waals surface area (Å²) in [7, 11) is 1.53. The van der Waals surface area contributed by atoms with Crippen molar-refractivity contribution < 1.29 is 28.5 Å². The maximum atomic E-state index is 12.0. The molecule has 7 heteroatoms. The molecule has 0 fully saturated rings. The molecule has 0 aromatic heterocycles. The van der Waals surface area contributed by atoms with Gasteiger partial charge in [0.15, 0.2) is 18.1 Å². The number of fused-ring (bicyclic) bond motifs is 1. The summed E-state index contributed by atoms with van der Waals surface area (Å²) in [5, 5.41) is 2.79. The highest BCUT2D eigenvalue weighted by Gasteiger charge is 2.18. The number of methoxy groups -OCH3 is 1. The fourth-order valence-electron chi connectivity index (χ4n) is 2.85. The molecule has 0 radical (unpaired) electrons. The van der Waals surface area contributed by atoms with Crippen LogP contribution in [-0.2, 0) is 14.3 Å². The fraction of sp³-hybridized carbons (Fsp3) is 0.273. The van der Waals surface area contributed by atoms with Crippen molar-refractivity contribution >= 4 is 18.0 Å². The summed E-state index contributed by atoms with van der Waals surface area (Å²) < 4.78 is 21.4. The second-order valence-corrected chi connectivity index (χ2v) is 6.39. The number of carbonyl (C=O) groups is 2. The van der Waals surface area contributed by atoms with Crippen LogP contribution in [0.5, 0.6) is 17.2 Å². The third kappa shape index (κ3) is 5.51. The molecular formula is C22H23NO6. The van der Waals surface area contributed by atoms with E-state index < -0.39 is 5.97 Å². The number of ether oxygens (including phenoxy) is 4. The number of rotatable bonds is 7. The molecule has 0 saturated heterocycles. The van der Waals surface area contributed by atoms with Crippen molar-refractivity contribution in [1.82, 2.24) is 5.32 Å². The van der Waals surface area contributed by atoms with Crippen LogP contribution in [0.15, 0.2) is 48.5 Å². The average Bonchev–Trinajstić information content (AvgIpc) is 2.76. The van der Waals surface area contributed by atoms with Gasteiger partial charge in [-0.05, 0) is 36.3 Å². The molecule has 2 aromatic rings. The van der Waals surface area contributed by atoms with Gasteiger partial charge in [0.05, 0.1) is 13.2 Å². The fourth-order valence-corrected chi connectivity index (χ4v) is 2.85. The Bertz CT molecular complexity index is 876. The van der Waals surface area contributed by atoms with Crippen LogP contribution < -0.4 is 19.5 Å². The standard InChI is InChI=1S/C22H23NO6/c1-15(17-6-4-3-5-7-17)23-20(24)14-29-21(25)9-8-16-12-18(26-2)22-19(13-16)27-10-11-28-22/h3-9,12-13,15H,10-11,14H2,1-2H3,(H,23,24)/b9-8+/t15-/m0/s1. The second kappa shape index (κ2) is 9.64. The zero-order valence-corrected chi connectivity index (χ0v) is 16.3. The zero-order chi connectivity index (χ0) is 20.6. The molecule has 1 N–H and O–H groups in total. The molecule has 0 saturated carbocycles. The molecule has 1 aliphatic heterocycles. The van der Waals surface area contributed by atoms with Gasteiger partial charge in [0.1, 0.15) is 13.2 Å². The quantitative estimate of drug-likeness (QED) is 0.571. The van der Waals surface area contributed by atoms with Crippen LogP contribution in [0.3, 0.4) is 0 Å². The number of benzene rings is 2. The van der Waals surface area contributed by atoms with Gasteiger partial charge in [-0.25, -0.2) is 4.79 Å². The molecule has 2 aromatic carbocycles. The van der Waals surface area contributed by atoms with Gasteiger partial charge >= 0.3 is 5.97 Å². The molecule has 7 nitrogen and oxygen atoms in total. The Morgan fingerprint density at radius 2 is 1.93 bits per heavy atom. The largest absolute Gasteiger partial charge is 0.493 e. The monoisotopic (exact) mass is 397 g/mol. The van der Waals surface area contributed by atoms with Gasteiger partial charge in [-0.15, -0.1) is 0 Å². The van der Waals surface area contributed by atoms with Crippen molar-refractivity contribution in [1.29, 1.82) is 0 Å². The van der Waals surface area contributed by atoms with Gasteiger partial charge in [-0.1, -0.05) is 30.3 Å². The minimum atomic E-state index is -0.624. The van der Waals surface area contributed by atoms with E-state index in [1.165, 1.54) is 13.2 Å². The molecule has 0 unspecified atom stereocenters. The van der Waals surface area contributed by atoms with Crippen LogP contribution in [0.4, 0.5) is 0 Å². The first-order valence-electron chi connectivity index (χ1n) is 9.23. The van der Waals surface area contributed by atoms with Crippen LogP contribution in [0.2, 0.25) is 0 Å². The summed E-state index contributed by atoms with van der Waals surface area (Å²) in [6.07, 6.45) is 2.81. The predicted octanol–water partition coefficient (Wildman–Crippen LogP) is 2.90. The van der Waals surface area contributed by atoms with Gasteiger partial charge in [-0.2, -0.15) is 0 Å². The zero-order valence-electron chi connectivity index (χ0n) is 16.3. The molecule has 3 rings (SSSR count). The third-order valence-corrected chi connectivity index (χ3v) is 4.28. The SMILES string of the molecule is COc1cc(/C=C/C(=O)OCC(=O)N[C@@H](C)c2ccccc2)cc2c1OCCO2. The number of hydrogen-bond donors (Lipinski definition) is 1. The molecule has 0 aliphatic carbocycles. The third-order valence-electron chi connectivity index (χ3n) is 4.28.